The molecule has 0 fully saturated rings. The summed E-state index contributed by atoms with van der Waals surface area (Å²) in [5.74, 6) is -0.436. The van der Waals surface area contributed by atoms with Crippen LogP contribution in [0.15, 0.2) is 48.8 Å². The number of hydrogen-bond donors (Lipinski definition) is 3. The summed E-state index contributed by atoms with van der Waals surface area (Å²) >= 11 is 5.85. The first-order valence-electron chi connectivity index (χ1n) is 7.38. The minimum Gasteiger partial charge on any atom is -0.350 e. The highest BCUT2D eigenvalue weighted by Gasteiger charge is 2.08. The van der Waals surface area contributed by atoms with Gasteiger partial charge in [0.25, 0.3) is 11.8 Å². The number of nitrogens with one attached hydrogen (secondary N) is 3. The molecule has 0 aliphatic rings. The van der Waals surface area contributed by atoms with E-state index < -0.39 is 0 Å². The van der Waals surface area contributed by atoms with Crippen molar-refractivity contribution >= 4 is 34.4 Å². The molecule has 6 nitrogen and oxygen atoms in total. The Morgan fingerprint density at radius 2 is 1.71 bits per heavy atom. The second-order valence-corrected chi connectivity index (χ2v) is 5.59. The second kappa shape index (κ2) is 7.14. The molecule has 0 saturated heterocycles. The molecule has 122 valence electrons. The van der Waals surface area contributed by atoms with E-state index in [9.17, 15) is 9.59 Å². The van der Waals surface area contributed by atoms with Gasteiger partial charge in [-0.3, -0.25) is 9.59 Å². The van der Waals surface area contributed by atoms with Crippen molar-refractivity contribution in [1.82, 2.24) is 20.6 Å². The highest BCUT2D eigenvalue weighted by molar-refractivity contribution is 6.30. The van der Waals surface area contributed by atoms with Crippen molar-refractivity contribution in [3.8, 4) is 0 Å². The predicted octanol–water partition coefficient (Wildman–Crippen LogP) is 2.38. The van der Waals surface area contributed by atoms with E-state index >= 15 is 0 Å². The number of aromatic nitrogens is 2. The normalized spacial score (nSPS) is 10.5. The fourth-order valence-electron chi connectivity index (χ4n) is 2.26. The van der Waals surface area contributed by atoms with Crippen LogP contribution in [-0.4, -0.2) is 34.9 Å². The van der Waals surface area contributed by atoms with Crippen LogP contribution < -0.4 is 10.6 Å². The van der Waals surface area contributed by atoms with Crippen LogP contribution in [0.1, 0.15) is 20.7 Å². The number of amides is 2. The van der Waals surface area contributed by atoms with Gasteiger partial charge in [-0.2, -0.15) is 0 Å². The summed E-state index contributed by atoms with van der Waals surface area (Å²) in [4.78, 5) is 31.1. The summed E-state index contributed by atoms with van der Waals surface area (Å²) < 4.78 is 0. The molecule has 0 aliphatic carbocycles. The second-order valence-electron chi connectivity index (χ2n) is 5.16. The van der Waals surface area contributed by atoms with Crippen molar-refractivity contribution in [1.29, 1.82) is 0 Å². The van der Waals surface area contributed by atoms with Crippen LogP contribution in [0, 0.1) is 0 Å². The summed E-state index contributed by atoms with van der Waals surface area (Å²) in [5, 5.41) is 5.99. The number of halogens is 1. The van der Waals surface area contributed by atoms with Gasteiger partial charge < -0.3 is 15.6 Å². The van der Waals surface area contributed by atoms with E-state index in [2.05, 4.69) is 20.6 Å². The molecule has 3 aromatic rings. The van der Waals surface area contributed by atoms with Crippen LogP contribution in [0.5, 0.6) is 0 Å². The summed E-state index contributed by atoms with van der Waals surface area (Å²) in [6, 6.07) is 11.9. The molecule has 0 bridgehead atoms. The van der Waals surface area contributed by atoms with Gasteiger partial charge in [0.2, 0.25) is 0 Å². The Labute approximate surface area is 143 Å². The number of carbonyl (C=O) groups excluding carboxylic acids is 2. The largest absolute Gasteiger partial charge is 0.350 e. The van der Waals surface area contributed by atoms with E-state index in [1.807, 2.05) is 0 Å². The Balaban J connectivity index is 1.49. The molecule has 1 aromatic heterocycles. The topological polar surface area (TPSA) is 86.9 Å². The Morgan fingerprint density at radius 1 is 1.00 bits per heavy atom. The Bertz CT molecular complexity index is 891. The van der Waals surface area contributed by atoms with Gasteiger partial charge in [0.15, 0.2) is 0 Å². The fourth-order valence-corrected chi connectivity index (χ4v) is 2.45. The van der Waals surface area contributed by atoms with Crippen LogP contribution >= 0.6 is 11.6 Å². The number of H-pyrrole nitrogens is 1. The molecule has 0 atom stereocenters. The summed E-state index contributed by atoms with van der Waals surface area (Å²) in [5.41, 5.74) is 2.63. The molecule has 0 spiro atoms. The molecule has 0 aliphatic heterocycles. The lowest BCUT2D eigenvalue weighted by Gasteiger charge is -2.07. The Morgan fingerprint density at radius 3 is 2.42 bits per heavy atom. The van der Waals surface area contributed by atoms with E-state index in [-0.39, 0.29) is 11.8 Å². The summed E-state index contributed by atoms with van der Waals surface area (Å²) in [6.07, 6.45) is 1.58. The van der Waals surface area contributed by atoms with Gasteiger partial charge in [-0.15, -0.1) is 0 Å². The first kappa shape index (κ1) is 16.0. The zero-order valence-electron chi connectivity index (χ0n) is 12.7. The van der Waals surface area contributed by atoms with Crippen molar-refractivity contribution < 1.29 is 9.59 Å². The van der Waals surface area contributed by atoms with E-state index in [4.69, 9.17) is 11.6 Å². The van der Waals surface area contributed by atoms with Gasteiger partial charge in [-0.1, -0.05) is 17.7 Å². The van der Waals surface area contributed by atoms with Gasteiger partial charge >= 0.3 is 0 Å². The first-order chi connectivity index (χ1) is 11.6. The molecule has 2 amide bonds. The van der Waals surface area contributed by atoms with Gasteiger partial charge in [-0.05, 0) is 36.4 Å². The lowest BCUT2D eigenvalue weighted by molar-refractivity contribution is 0.0928. The standard InChI is InChI=1S/C17H15ClN4O2/c18-13-3-1-2-11(8-13)16(23)19-6-7-20-17(24)12-4-5-14-15(9-12)22-10-21-14/h1-5,8-10H,6-7H2,(H,19,23)(H,20,24)(H,21,22). The molecule has 0 unspecified atom stereocenters. The van der Waals surface area contributed by atoms with Gasteiger partial charge in [-0.25, -0.2) is 4.98 Å². The number of hydrogen-bond acceptors (Lipinski definition) is 3. The average Bonchev–Trinajstić information content (AvgIpc) is 3.06. The monoisotopic (exact) mass is 342 g/mol. The maximum atomic E-state index is 12.1. The number of carbonyl (C=O) groups is 2. The van der Waals surface area contributed by atoms with Crippen molar-refractivity contribution in [3.05, 3.63) is 64.9 Å². The van der Waals surface area contributed by atoms with Crippen molar-refractivity contribution in [3.63, 3.8) is 0 Å². The number of fused-ring (bicyclic) bond motifs is 1. The molecule has 0 saturated carbocycles. The highest BCUT2D eigenvalue weighted by atomic mass is 35.5. The van der Waals surface area contributed by atoms with E-state index in [0.717, 1.165) is 11.0 Å². The summed E-state index contributed by atoms with van der Waals surface area (Å²) in [7, 11) is 0. The minimum atomic E-state index is -0.231. The third-order valence-corrected chi connectivity index (χ3v) is 3.70. The van der Waals surface area contributed by atoms with Crippen molar-refractivity contribution in [2.75, 3.05) is 13.1 Å². The molecular weight excluding hydrogens is 328 g/mol. The van der Waals surface area contributed by atoms with E-state index in [1.165, 1.54) is 0 Å². The van der Waals surface area contributed by atoms with Crippen LogP contribution in [0.2, 0.25) is 5.02 Å². The molecule has 0 radical (unpaired) electrons. The van der Waals surface area contributed by atoms with Crippen molar-refractivity contribution in [2.24, 2.45) is 0 Å². The predicted molar refractivity (Wildman–Crippen MR) is 92.2 cm³/mol. The quantitative estimate of drug-likeness (QED) is 0.622. The van der Waals surface area contributed by atoms with Crippen molar-refractivity contribution in [2.45, 2.75) is 0 Å². The highest BCUT2D eigenvalue weighted by Crippen LogP contribution is 2.11. The van der Waals surface area contributed by atoms with Crippen LogP contribution in [-0.2, 0) is 0 Å². The minimum absolute atomic E-state index is 0.205. The molecule has 2 aromatic carbocycles. The zero-order valence-corrected chi connectivity index (χ0v) is 13.4. The Hall–Kier alpha value is -2.86. The SMILES string of the molecule is O=C(NCCNC(=O)c1ccc2nc[nH]c2c1)c1cccc(Cl)c1. The maximum Gasteiger partial charge on any atom is 0.251 e. The zero-order chi connectivity index (χ0) is 16.9. The first-order valence-corrected chi connectivity index (χ1v) is 7.76. The van der Waals surface area contributed by atoms with Crippen LogP contribution in [0.3, 0.4) is 0 Å². The third-order valence-electron chi connectivity index (χ3n) is 3.47. The van der Waals surface area contributed by atoms with Gasteiger partial charge in [0, 0.05) is 29.2 Å². The molecule has 3 N–H and O–H groups in total. The van der Waals surface area contributed by atoms with Crippen LogP contribution in [0.4, 0.5) is 0 Å². The van der Waals surface area contributed by atoms with Gasteiger partial charge in [0.05, 0.1) is 17.4 Å². The van der Waals surface area contributed by atoms with Gasteiger partial charge in [0.1, 0.15) is 0 Å². The van der Waals surface area contributed by atoms with Crippen LogP contribution in [0.25, 0.3) is 11.0 Å². The van der Waals surface area contributed by atoms with E-state index in [0.29, 0.717) is 29.2 Å². The number of nitrogens with zero attached hydrogens (tertiary/aromatic N) is 1. The molecule has 1 heterocycles. The fraction of sp³-hybridized carbons (Fsp3) is 0.118. The smallest absolute Gasteiger partial charge is 0.251 e. The third kappa shape index (κ3) is 3.72. The lowest BCUT2D eigenvalue weighted by Crippen LogP contribution is -2.34. The molecular formula is C17H15ClN4O2. The lowest BCUT2D eigenvalue weighted by atomic mass is 10.2. The number of rotatable bonds is 5. The molecule has 24 heavy (non-hydrogen) atoms. The maximum absolute atomic E-state index is 12.1. The average molecular weight is 343 g/mol. The number of benzene rings is 2. The number of aromatic amines is 1. The molecule has 3 rings (SSSR count). The Kier molecular flexibility index (Phi) is 4.77. The molecule has 7 heteroatoms. The number of imidazole rings is 1. The summed E-state index contributed by atoms with van der Waals surface area (Å²) in [6.45, 7) is 0.648. The van der Waals surface area contributed by atoms with E-state index in [1.54, 1.807) is 48.8 Å².